The van der Waals surface area contributed by atoms with Gasteiger partial charge in [-0.2, -0.15) is 0 Å². The van der Waals surface area contributed by atoms with Crippen LogP contribution in [0.3, 0.4) is 0 Å². The maximum absolute atomic E-state index is 4.22. The fourth-order valence-corrected chi connectivity index (χ4v) is 2.49. The van der Waals surface area contributed by atoms with Crippen LogP contribution in [0, 0.1) is 23.7 Å². The first-order valence-electron chi connectivity index (χ1n) is 5.26. The van der Waals surface area contributed by atoms with Gasteiger partial charge in [-0.3, -0.25) is 0 Å². The molecule has 0 heteroatoms. The standard InChI is InChI=1S/C12H22/c1-6-12-7-8(2)9(3)10(4)11(12)5/h8-9,11-12H,4,6-7H2,1-3,5H3. The molecule has 0 radical (unpaired) electrons. The fourth-order valence-electron chi connectivity index (χ4n) is 2.49. The van der Waals surface area contributed by atoms with E-state index in [9.17, 15) is 0 Å². The summed E-state index contributed by atoms with van der Waals surface area (Å²) in [6, 6.07) is 0. The molecular weight excluding hydrogens is 144 g/mol. The summed E-state index contributed by atoms with van der Waals surface area (Å²) in [4.78, 5) is 0. The average molecular weight is 166 g/mol. The molecule has 0 aliphatic heterocycles. The molecule has 0 heterocycles. The van der Waals surface area contributed by atoms with Gasteiger partial charge in [-0.05, 0) is 30.1 Å². The molecule has 12 heavy (non-hydrogen) atoms. The molecule has 1 aliphatic carbocycles. The molecule has 1 fully saturated rings. The maximum Gasteiger partial charge on any atom is -0.0203 e. The van der Waals surface area contributed by atoms with Gasteiger partial charge in [0, 0.05) is 0 Å². The van der Waals surface area contributed by atoms with Gasteiger partial charge < -0.3 is 0 Å². The van der Waals surface area contributed by atoms with E-state index in [2.05, 4.69) is 34.3 Å². The largest absolute Gasteiger partial charge is 0.0993 e. The van der Waals surface area contributed by atoms with Gasteiger partial charge in [-0.15, -0.1) is 0 Å². The molecule has 0 aromatic carbocycles. The summed E-state index contributed by atoms with van der Waals surface area (Å²) in [6.45, 7) is 13.6. The topological polar surface area (TPSA) is 0 Å². The Balaban J connectivity index is 2.70. The second kappa shape index (κ2) is 3.64. The third-order valence-corrected chi connectivity index (χ3v) is 3.93. The van der Waals surface area contributed by atoms with Crippen molar-refractivity contribution in [1.29, 1.82) is 0 Å². The molecule has 1 saturated carbocycles. The lowest BCUT2D eigenvalue weighted by Crippen LogP contribution is -2.29. The monoisotopic (exact) mass is 166 g/mol. The third-order valence-electron chi connectivity index (χ3n) is 3.93. The van der Waals surface area contributed by atoms with Crippen molar-refractivity contribution in [2.75, 3.05) is 0 Å². The Morgan fingerprint density at radius 3 is 2.33 bits per heavy atom. The van der Waals surface area contributed by atoms with Crippen molar-refractivity contribution >= 4 is 0 Å². The first-order chi connectivity index (χ1) is 5.57. The second-order valence-corrected chi connectivity index (χ2v) is 4.53. The van der Waals surface area contributed by atoms with Crippen LogP contribution >= 0.6 is 0 Å². The summed E-state index contributed by atoms with van der Waals surface area (Å²) in [6.07, 6.45) is 2.72. The van der Waals surface area contributed by atoms with E-state index in [0.29, 0.717) is 0 Å². The van der Waals surface area contributed by atoms with Crippen molar-refractivity contribution in [3.63, 3.8) is 0 Å². The molecule has 0 aromatic rings. The molecule has 0 amide bonds. The van der Waals surface area contributed by atoms with Crippen LogP contribution < -0.4 is 0 Å². The highest BCUT2D eigenvalue weighted by Gasteiger charge is 2.31. The highest BCUT2D eigenvalue weighted by Crippen LogP contribution is 2.41. The Labute approximate surface area is 77.1 Å². The summed E-state index contributed by atoms with van der Waals surface area (Å²) >= 11 is 0. The first-order valence-corrected chi connectivity index (χ1v) is 5.26. The third kappa shape index (κ3) is 1.57. The highest BCUT2D eigenvalue weighted by molar-refractivity contribution is 5.10. The van der Waals surface area contributed by atoms with E-state index in [0.717, 1.165) is 23.7 Å². The molecule has 0 aromatic heterocycles. The lowest BCUT2D eigenvalue weighted by Gasteiger charge is -2.39. The Hall–Kier alpha value is -0.260. The normalized spacial score (nSPS) is 43.2. The summed E-state index contributed by atoms with van der Waals surface area (Å²) < 4.78 is 0. The van der Waals surface area contributed by atoms with E-state index in [1.807, 2.05) is 0 Å². The molecule has 70 valence electrons. The van der Waals surface area contributed by atoms with Crippen LogP contribution in [0.25, 0.3) is 0 Å². The van der Waals surface area contributed by atoms with E-state index in [4.69, 9.17) is 0 Å². The predicted molar refractivity (Wildman–Crippen MR) is 55.0 cm³/mol. The number of hydrogen-bond acceptors (Lipinski definition) is 0. The quantitative estimate of drug-likeness (QED) is 0.519. The Morgan fingerprint density at radius 1 is 1.25 bits per heavy atom. The summed E-state index contributed by atoms with van der Waals surface area (Å²) in [5.74, 6) is 3.23. The molecule has 0 N–H and O–H groups in total. The van der Waals surface area contributed by atoms with Crippen molar-refractivity contribution in [2.45, 2.75) is 40.5 Å². The van der Waals surface area contributed by atoms with E-state index >= 15 is 0 Å². The minimum atomic E-state index is 0.739. The first kappa shape index (κ1) is 9.83. The lowest BCUT2D eigenvalue weighted by molar-refractivity contribution is 0.209. The van der Waals surface area contributed by atoms with Crippen LogP contribution in [-0.2, 0) is 0 Å². The highest BCUT2D eigenvalue weighted by atomic mass is 14.4. The van der Waals surface area contributed by atoms with Crippen molar-refractivity contribution in [1.82, 2.24) is 0 Å². The molecule has 4 unspecified atom stereocenters. The van der Waals surface area contributed by atoms with E-state index in [1.165, 1.54) is 18.4 Å². The zero-order chi connectivity index (χ0) is 9.30. The van der Waals surface area contributed by atoms with Gasteiger partial charge >= 0.3 is 0 Å². The minimum Gasteiger partial charge on any atom is -0.0993 e. The van der Waals surface area contributed by atoms with Crippen LogP contribution in [0.1, 0.15) is 40.5 Å². The number of allylic oxidation sites excluding steroid dienone is 1. The number of rotatable bonds is 1. The Bertz CT molecular complexity index is 169. The van der Waals surface area contributed by atoms with Gasteiger partial charge in [0.2, 0.25) is 0 Å². The molecule has 1 rings (SSSR count). The summed E-state index contributed by atoms with van der Waals surface area (Å²) in [5, 5.41) is 0. The van der Waals surface area contributed by atoms with Crippen LogP contribution in [0.4, 0.5) is 0 Å². The predicted octanol–water partition coefficient (Wildman–Crippen LogP) is 3.88. The van der Waals surface area contributed by atoms with Crippen LogP contribution in [-0.4, -0.2) is 0 Å². The van der Waals surface area contributed by atoms with Crippen LogP contribution in [0.15, 0.2) is 12.2 Å². The Kier molecular flexibility index (Phi) is 2.98. The average Bonchev–Trinajstić information content (AvgIpc) is 2.08. The smallest absolute Gasteiger partial charge is 0.0203 e. The Morgan fingerprint density at radius 2 is 1.83 bits per heavy atom. The van der Waals surface area contributed by atoms with E-state index < -0.39 is 0 Å². The van der Waals surface area contributed by atoms with Gasteiger partial charge in [0.15, 0.2) is 0 Å². The SMILES string of the molecule is C=C1C(C)C(C)CC(CC)C1C. The summed E-state index contributed by atoms with van der Waals surface area (Å²) in [7, 11) is 0. The van der Waals surface area contributed by atoms with Crippen LogP contribution in [0.2, 0.25) is 0 Å². The lowest BCUT2D eigenvalue weighted by atomic mass is 9.67. The molecular formula is C12H22. The molecule has 0 bridgehead atoms. The van der Waals surface area contributed by atoms with Crippen molar-refractivity contribution in [3.8, 4) is 0 Å². The van der Waals surface area contributed by atoms with Crippen molar-refractivity contribution in [3.05, 3.63) is 12.2 Å². The number of hydrogen-bond donors (Lipinski definition) is 0. The molecule has 0 saturated heterocycles. The molecule has 4 atom stereocenters. The maximum atomic E-state index is 4.22. The van der Waals surface area contributed by atoms with Gasteiger partial charge in [-0.25, -0.2) is 0 Å². The van der Waals surface area contributed by atoms with Gasteiger partial charge in [-0.1, -0.05) is 46.3 Å². The van der Waals surface area contributed by atoms with Gasteiger partial charge in [0.25, 0.3) is 0 Å². The van der Waals surface area contributed by atoms with Gasteiger partial charge in [0.05, 0.1) is 0 Å². The molecule has 0 nitrogen and oxygen atoms in total. The van der Waals surface area contributed by atoms with E-state index in [-0.39, 0.29) is 0 Å². The van der Waals surface area contributed by atoms with Crippen molar-refractivity contribution in [2.24, 2.45) is 23.7 Å². The van der Waals surface area contributed by atoms with Crippen molar-refractivity contribution < 1.29 is 0 Å². The molecule has 1 aliphatic rings. The van der Waals surface area contributed by atoms with Gasteiger partial charge in [0.1, 0.15) is 0 Å². The van der Waals surface area contributed by atoms with Crippen LogP contribution in [0.5, 0.6) is 0 Å². The molecule has 0 spiro atoms. The zero-order valence-corrected chi connectivity index (χ0v) is 8.93. The summed E-state index contributed by atoms with van der Waals surface area (Å²) in [5.41, 5.74) is 1.49. The van der Waals surface area contributed by atoms with E-state index in [1.54, 1.807) is 0 Å². The second-order valence-electron chi connectivity index (χ2n) is 4.53. The zero-order valence-electron chi connectivity index (χ0n) is 8.93. The minimum absolute atomic E-state index is 0.739. The fraction of sp³-hybridized carbons (Fsp3) is 0.833.